The van der Waals surface area contributed by atoms with Gasteiger partial charge in [-0.15, -0.1) is 5.10 Å². The zero-order chi connectivity index (χ0) is 22.1. The number of nitrogens with zero attached hydrogens (tertiary/aromatic N) is 4. The van der Waals surface area contributed by atoms with Crippen molar-refractivity contribution in [3.63, 3.8) is 0 Å². The van der Waals surface area contributed by atoms with Crippen LogP contribution < -0.4 is 11.0 Å². The fraction of sp³-hybridized carbons (Fsp3) is 0.0435. The Morgan fingerprint density at radius 1 is 0.969 bits per heavy atom. The quantitative estimate of drug-likeness (QED) is 0.417. The van der Waals surface area contributed by atoms with Crippen molar-refractivity contribution in [3.8, 4) is 0 Å². The lowest BCUT2D eigenvalue weighted by molar-refractivity contribution is -0.117. The molecule has 7 nitrogen and oxygen atoms in total. The van der Waals surface area contributed by atoms with E-state index in [0.717, 1.165) is 9.58 Å². The molecule has 0 unspecified atom stereocenters. The van der Waals surface area contributed by atoms with E-state index in [4.69, 9.17) is 16.6 Å². The molecule has 9 heteroatoms. The number of rotatable bonds is 5. The summed E-state index contributed by atoms with van der Waals surface area (Å²) < 4.78 is 2.66. The molecule has 0 aliphatic carbocycles. The van der Waals surface area contributed by atoms with Gasteiger partial charge in [0.2, 0.25) is 5.91 Å². The first-order valence-corrected chi connectivity index (χ1v) is 10.9. The zero-order valence-electron chi connectivity index (χ0n) is 16.6. The highest BCUT2D eigenvalue weighted by molar-refractivity contribution is 7.99. The van der Waals surface area contributed by atoms with Crippen molar-refractivity contribution in [1.82, 2.24) is 19.2 Å². The molecule has 0 aliphatic heterocycles. The lowest BCUT2D eigenvalue weighted by atomic mass is 10.3. The molecule has 0 saturated carbocycles. The number of benzene rings is 3. The van der Waals surface area contributed by atoms with Gasteiger partial charge in [0.05, 0.1) is 11.0 Å². The summed E-state index contributed by atoms with van der Waals surface area (Å²) in [7, 11) is 0. The van der Waals surface area contributed by atoms with Crippen molar-refractivity contribution in [2.24, 2.45) is 0 Å². The SMILES string of the molecule is O=C(Cn1nc2c(Sc3ccccc3)nc3ccccc3n2c1=O)Nc1ccc(Cl)cc1. The first kappa shape index (κ1) is 20.3. The summed E-state index contributed by atoms with van der Waals surface area (Å²) in [6, 6.07) is 23.9. The van der Waals surface area contributed by atoms with Crippen LogP contribution in [0.15, 0.2) is 93.6 Å². The summed E-state index contributed by atoms with van der Waals surface area (Å²) in [6.07, 6.45) is 0. The van der Waals surface area contributed by atoms with Crippen LogP contribution in [0.5, 0.6) is 0 Å². The number of nitrogens with one attached hydrogen (secondary N) is 1. The van der Waals surface area contributed by atoms with Crippen molar-refractivity contribution >= 4 is 51.6 Å². The van der Waals surface area contributed by atoms with E-state index in [2.05, 4.69) is 10.4 Å². The fourth-order valence-corrected chi connectivity index (χ4v) is 4.32. The molecular weight excluding hydrogens is 446 g/mol. The average molecular weight is 462 g/mol. The average Bonchev–Trinajstić information content (AvgIpc) is 3.13. The van der Waals surface area contributed by atoms with Gasteiger partial charge in [-0.2, -0.15) is 0 Å². The summed E-state index contributed by atoms with van der Waals surface area (Å²) in [4.78, 5) is 31.5. The minimum atomic E-state index is -0.403. The van der Waals surface area contributed by atoms with Gasteiger partial charge in [-0.3, -0.25) is 4.79 Å². The van der Waals surface area contributed by atoms with Gasteiger partial charge in [0.15, 0.2) is 5.65 Å². The highest BCUT2D eigenvalue weighted by Gasteiger charge is 2.18. The third-order valence-electron chi connectivity index (χ3n) is 4.75. The monoisotopic (exact) mass is 461 g/mol. The van der Waals surface area contributed by atoms with Gasteiger partial charge < -0.3 is 5.32 Å². The third kappa shape index (κ3) is 3.98. The molecule has 0 atom stereocenters. The largest absolute Gasteiger partial charge is 0.351 e. The van der Waals surface area contributed by atoms with E-state index in [0.29, 0.717) is 32.4 Å². The Morgan fingerprint density at radius 3 is 2.47 bits per heavy atom. The molecule has 1 amide bonds. The minimum absolute atomic E-state index is 0.229. The van der Waals surface area contributed by atoms with Gasteiger partial charge in [-0.25, -0.2) is 18.9 Å². The number of hydrogen-bond acceptors (Lipinski definition) is 5. The molecule has 5 aromatic rings. The lowest BCUT2D eigenvalue weighted by Crippen LogP contribution is -2.28. The second kappa shape index (κ2) is 8.49. The van der Waals surface area contributed by atoms with Gasteiger partial charge in [-0.1, -0.05) is 53.7 Å². The number of carbonyl (C=O) groups excluding carboxylic acids is 1. The number of carbonyl (C=O) groups is 1. The van der Waals surface area contributed by atoms with Crippen LogP contribution in [-0.2, 0) is 11.3 Å². The Morgan fingerprint density at radius 2 is 1.69 bits per heavy atom. The van der Waals surface area contributed by atoms with E-state index in [1.54, 1.807) is 24.3 Å². The van der Waals surface area contributed by atoms with Crippen molar-refractivity contribution < 1.29 is 4.79 Å². The molecule has 0 fully saturated rings. The number of anilines is 1. The van der Waals surface area contributed by atoms with Gasteiger partial charge in [-0.05, 0) is 48.5 Å². The van der Waals surface area contributed by atoms with Crippen LogP contribution in [0.2, 0.25) is 5.02 Å². The van der Waals surface area contributed by atoms with E-state index in [-0.39, 0.29) is 12.5 Å². The number of fused-ring (bicyclic) bond motifs is 3. The van der Waals surface area contributed by atoms with Crippen LogP contribution in [0.25, 0.3) is 16.7 Å². The first-order chi connectivity index (χ1) is 15.6. The van der Waals surface area contributed by atoms with Gasteiger partial charge >= 0.3 is 5.69 Å². The predicted molar refractivity (Wildman–Crippen MR) is 125 cm³/mol. The predicted octanol–water partition coefficient (Wildman–Crippen LogP) is 4.49. The Balaban J connectivity index is 1.55. The van der Waals surface area contributed by atoms with Crippen LogP contribution in [0.3, 0.4) is 0 Å². The van der Waals surface area contributed by atoms with Gasteiger partial charge in [0.25, 0.3) is 0 Å². The molecule has 0 saturated heterocycles. The number of amides is 1. The molecular formula is C23H16ClN5O2S. The maximum Gasteiger partial charge on any atom is 0.351 e. The standard InChI is InChI=1S/C23H16ClN5O2S/c24-15-10-12-16(13-11-15)25-20(30)14-28-23(31)29-19-9-5-4-8-18(19)26-22(21(29)27-28)32-17-6-2-1-3-7-17/h1-13H,14H2,(H,25,30). The summed E-state index contributed by atoms with van der Waals surface area (Å²) in [5.74, 6) is -0.368. The fourth-order valence-electron chi connectivity index (χ4n) is 3.31. The normalized spacial score (nSPS) is 11.2. The van der Waals surface area contributed by atoms with E-state index in [1.807, 2.05) is 54.6 Å². The van der Waals surface area contributed by atoms with Gasteiger partial charge in [0, 0.05) is 15.6 Å². The summed E-state index contributed by atoms with van der Waals surface area (Å²) in [5.41, 5.74) is 1.89. The number of halogens is 1. The molecule has 2 heterocycles. The number of para-hydroxylation sites is 2. The van der Waals surface area contributed by atoms with Crippen LogP contribution in [-0.4, -0.2) is 25.1 Å². The number of aromatic nitrogens is 4. The Kier molecular flexibility index (Phi) is 5.38. The summed E-state index contributed by atoms with van der Waals surface area (Å²) in [6.45, 7) is -0.229. The molecule has 0 spiro atoms. The summed E-state index contributed by atoms with van der Waals surface area (Å²) >= 11 is 7.30. The van der Waals surface area contributed by atoms with E-state index >= 15 is 0 Å². The summed E-state index contributed by atoms with van der Waals surface area (Å²) in [5, 5.41) is 8.37. The molecule has 5 rings (SSSR count). The first-order valence-electron chi connectivity index (χ1n) is 9.75. The smallest absolute Gasteiger partial charge is 0.324 e. The Bertz CT molecular complexity index is 1500. The van der Waals surface area contributed by atoms with Crippen LogP contribution in [0.1, 0.15) is 0 Å². The minimum Gasteiger partial charge on any atom is -0.324 e. The molecule has 1 N–H and O–H groups in total. The Labute approximate surface area is 191 Å². The molecule has 0 radical (unpaired) electrons. The van der Waals surface area contributed by atoms with E-state index < -0.39 is 5.69 Å². The maximum absolute atomic E-state index is 13.2. The van der Waals surface area contributed by atoms with E-state index in [1.165, 1.54) is 16.2 Å². The Hall–Kier alpha value is -3.62. The van der Waals surface area contributed by atoms with Crippen molar-refractivity contribution in [3.05, 3.63) is 94.4 Å². The van der Waals surface area contributed by atoms with Crippen LogP contribution >= 0.6 is 23.4 Å². The van der Waals surface area contributed by atoms with Crippen molar-refractivity contribution in [2.45, 2.75) is 16.5 Å². The molecule has 2 aromatic heterocycles. The van der Waals surface area contributed by atoms with Crippen LogP contribution in [0.4, 0.5) is 5.69 Å². The molecule has 0 aliphatic rings. The zero-order valence-corrected chi connectivity index (χ0v) is 18.2. The molecule has 3 aromatic carbocycles. The second-order valence-electron chi connectivity index (χ2n) is 6.98. The lowest BCUT2D eigenvalue weighted by Gasteiger charge is -2.05. The topological polar surface area (TPSA) is 81.3 Å². The molecule has 158 valence electrons. The third-order valence-corrected chi connectivity index (χ3v) is 5.98. The second-order valence-corrected chi connectivity index (χ2v) is 8.47. The highest BCUT2D eigenvalue weighted by atomic mass is 35.5. The van der Waals surface area contributed by atoms with Crippen molar-refractivity contribution in [1.29, 1.82) is 0 Å². The van der Waals surface area contributed by atoms with Crippen LogP contribution in [0, 0.1) is 0 Å². The number of hydrogen-bond donors (Lipinski definition) is 1. The molecule has 0 bridgehead atoms. The van der Waals surface area contributed by atoms with Crippen molar-refractivity contribution in [2.75, 3.05) is 5.32 Å². The maximum atomic E-state index is 13.2. The molecule has 32 heavy (non-hydrogen) atoms. The highest BCUT2D eigenvalue weighted by Crippen LogP contribution is 2.30. The van der Waals surface area contributed by atoms with E-state index in [9.17, 15) is 9.59 Å². The van der Waals surface area contributed by atoms with Gasteiger partial charge in [0.1, 0.15) is 11.6 Å².